The summed E-state index contributed by atoms with van der Waals surface area (Å²) in [4.78, 5) is 18.4. The van der Waals surface area contributed by atoms with Crippen molar-refractivity contribution in [3.8, 4) is 16.3 Å². The van der Waals surface area contributed by atoms with Crippen molar-refractivity contribution in [2.45, 2.75) is 6.61 Å². The molecular formula is C21H17F3N2O3S. The van der Waals surface area contributed by atoms with Crippen LogP contribution in [0.4, 0.5) is 13.2 Å². The summed E-state index contributed by atoms with van der Waals surface area (Å²) in [6.07, 6.45) is 0. The molecule has 156 valence electrons. The monoisotopic (exact) mass is 434 g/mol. The van der Waals surface area contributed by atoms with Gasteiger partial charge in [0, 0.05) is 30.1 Å². The minimum Gasteiger partial charge on any atom is -0.489 e. The lowest BCUT2D eigenvalue weighted by atomic mass is 10.2. The van der Waals surface area contributed by atoms with Gasteiger partial charge in [-0.3, -0.25) is 4.79 Å². The van der Waals surface area contributed by atoms with Gasteiger partial charge in [0.2, 0.25) is 0 Å². The zero-order chi connectivity index (χ0) is 21.1. The Balaban J connectivity index is 1.47. The molecule has 0 aliphatic carbocycles. The van der Waals surface area contributed by atoms with Gasteiger partial charge in [-0.05, 0) is 24.3 Å². The van der Waals surface area contributed by atoms with Gasteiger partial charge < -0.3 is 14.4 Å². The Morgan fingerprint density at radius 1 is 1.10 bits per heavy atom. The van der Waals surface area contributed by atoms with E-state index in [9.17, 15) is 18.0 Å². The lowest BCUT2D eigenvalue weighted by Gasteiger charge is -2.25. The van der Waals surface area contributed by atoms with Crippen LogP contribution in [0.3, 0.4) is 0 Å². The number of amides is 1. The number of ether oxygens (including phenoxy) is 2. The van der Waals surface area contributed by atoms with Gasteiger partial charge in [0.15, 0.2) is 0 Å². The lowest BCUT2D eigenvalue weighted by molar-refractivity contribution is 0.0299. The summed E-state index contributed by atoms with van der Waals surface area (Å²) in [5, 5.41) is 1.95. The molecule has 4 rings (SSSR count). The molecule has 1 amide bonds. The highest BCUT2D eigenvalue weighted by Gasteiger charge is 2.22. The van der Waals surface area contributed by atoms with Crippen molar-refractivity contribution >= 4 is 17.2 Å². The maximum Gasteiger partial charge on any atom is 0.273 e. The highest BCUT2D eigenvalue weighted by Crippen LogP contribution is 2.30. The molecule has 3 aromatic rings. The summed E-state index contributed by atoms with van der Waals surface area (Å²) in [7, 11) is 0. The first-order valence-corrected chi connectivity index (χ1v) is 10.1. The second-order valence-electron chi connectivity index (χ2n) is 6.57. The van der Waals surface area contributed by atoms with E-state index in [0.717, 1.165) is 29.5 Å². The van der Waals surface area contributed by atoms with E-state index in [4.69, 9.17) is 9.47 Å². The first-order valence-electron chi connectivity index (χ1n) is 9.21. The van der Waals surface area contributed by atoms with E-state index in [1.165, 1.54) is 18.2 Å². The molecule has 1 saturated heterocycles. The van der Waals surface area contributed by atoms with Crippen LogP contribution in [0, 0.1) is 17.5 Å². The second kappa shape index (κ2) is 8.85. The highest BCUT2D eigenvalue weighted by molar-refractivity contribution is 7.13. The summed E-state index contributed by atoms with van der Waals surface area (Å²) >= 11 is 1.16. The van der Waals surface area contributed by atoms with Gasteiger partial charge >= 0.3 is 0 Å². The summed E-state index contributed by atoms with van der Waals surface area (Å²) < 4.78 is 52.5. The third kappa shape index (κ3) is 4.31. The zero-order valence-electron chi connectivity index (χ0n) is 15.7. The Hall–Kier alpha value is -2.91. The van der Waals surface area contributed by atoms with Gasteiger partial charge in [-0.25, -0.2) is 18.2 Å². The van der Waals surface area contributed by atoms with Gasteiger partial charge in [-0.15, -0.1) is 11.3 Å². The van der Waals surface area contributed by atoms with Crippen LogP contribution >= 0.6 is 11.3 Å². The Morgan fingerprint density at radius 2 is 1.83 bits per heavy atom. The SMILES string of the molecule is O=C(c1csc(-c2ccc(OCc3c(F)cccc3F)cc2F)n1)N1CCOCC1. The maximum absolute atomic E-state index is 14.6. The van der Waals surface area contributed by atoms with E-state index >= 15 is 0 Å². The first kappa shape index (κ1) is 20.4. The number of thiazole rings is 1. The summed E-state index contributed by atoms with van der Waals surface area (Å²) in [6, 6.07) is 7.59. The zero-order valence-corrected chi connectivity index (χ0v) is 16.6. The molecule has 30 heavy (non-hydrogen) atoms. The number of morpholine rings is 1. The maximum atomic E-state index is 14.6. The van der Waals surface area contributed by atoms with Crippen molar-refractivity contribution in [2.75, 3.05) is 26.3 Å². The van der Waals surface area contributed by atoms with Gasteiger partial charge in [-0.1, -0.05) is 6.07 Å². The number of rotatable bonds is 5. The molecule has 0 saturated carbocycles. The summed E-state index contributed by atoms with van der Waals surface area (Å²) in [5.74, 6) is -2.16. The Labute approximate surface area is 174 Å². The molecule has 1 fully saturated rings. The van der Waals surface area contributed by atoms with Crippen LogP contribution in [0.15, 0.2) is 41.8 Å². The van der Waals surface area contributed by atoms with Crippen LogP contribution in [-0.2, 0) is 11.3 Å². The largest absolute Gasteiger partial charge is 0.489 e. The van der Waals surface area contributed by atoms with Crippen molar-refractivity contribution in [1.82, 2.24) is 9.88 Å². The highest BCUT2D eigenvalue weighted by atomic mass is 32.1. The minimum absolute atomic E-state index is 0.125. The van der Waals surface area contributed by atoms with Gasteiger partial charge in [-0.2, -0.15) is 0 Å². The standard InChI is InChI=1S/C21H17F3N2O3S/c22-16-2-1-3-17(23)15(16)11-29-13-4-5-14(18(24)10-13)20-25-19(12-30-20)21(27)26-6-8-28-9-7-26/h1-5,10,12H,6-9,11H2. The summed E-state index contributed by atoms with van der Waals surface area (Å²) in [5.41, 5.74) is 0.241. The van der Waals surface area contributed by atoms with Crippen molar-refractivity contribution in [2.24, 2.45) is 0 Å². The number of hydrogen-bond acceptors (Lipinski definition) is 5. The molecule has 2 aromatic carbocycles. The molecule has 1 aliphatic rings. The quantitative estimate of drug-likeness (QED) is 0.602. The third-order valence-electron chi connectivity index (χ3n) is 4.64. The van der Waals surface area contributed by atoms with E-state index in [-0.39, 0.29) is 35.1 Å². The van der Waals surface area contributed by atoms with Gasteiger partial charge in [0.1, 0.15) is 40.5 Å². The molecule has 0 N–H and O–H groups in total. The molecule has 0 radical (unpaired) electrons. The van der Waals surface area contributed by atoms with Gasteiger partial charge in [0.05, 0.1) is 18.8 Å². The first-order chi connectivity index (χ1) is 14.5. The van der Waals surface area contributed by atoms with Gasteiger partial charge in [0.25, 0.3) is 5.91 Å². The number of hydrogen-bond donors (Lipinski definition) is 0. The number of halogens is 3. The fourth-order valence-corrected chi connectivity index (χ4v) is 3.83. The predicted molar refractivity (Wildman–Crippen MR) is 105 cm³/mol. The number of carbonyl (C=O) groups excluding carboxylic acids is 1. The smallest absolute Gasteiger partial charge is 0.273 e. The van der Waals surface area contributed by atoms with Crippen molar-refractivity contribution < 1.29 is 27.4 Å². The van der Waals surface area contributed by atoms with E-state index in [1.807, 2.05) is 0 Å². The number of carbonyl (C=O) groups is 1. The Morgan fingerprint density at radius 3 is 2.53 bits per heavy atom. The molecule has 2 heterocycles. The number of benzene rings is 2. The van der Waals surface area contributed by atoms with Crippen molar-refractivity contribution in [3.63, 3.8) is 0 Å². The van der Waals surface area contributed by atoms with Crippen LogP contribution in [-0.4, -0.2) is 42.1 Å². The van der Waals surface area contributed by atoms with Crippen LogP contribution in [0.2, 0.25) is 0 Å². The van der Waals surface area contributed by atoms with Crippen LogP contribution < -0.4 is 4.74 Å². The Kier molecular flexibility index (Phi) is 6.01. The molecule has 0 unspecified atom stereocenters. The second-order valence-corrected chi connectivity index (χ2v) is 7.43. The number of nitrogens with zero attached hydrogens (tertiary/aromatic N) is 2. The van der Waals surface area contributed by atoms with Crippen molar-refractivity contribution in [1.29, 1.82) is 0 Å². The van der Waals surface area contributed by atoms with E-state index in [2.05, 4.69) is 4.98 Å². The molecule has 1 aliphatic heterocycles. The van der Waals surface area contributed by atoms with Crippen LogP contribution in [0.1, 0.15) is 16.1 Å². The molecule has 0 bridgehead atoms. The summed E-state index contributed by atoms with van der Waals surface area (Å²) in [6.45, 7) is 1.58. The average molecular weight is 434 g/mol. The average Bonchev–Trinajstić information content (AvgIpc) is 3.23. The molecule has 9 heteroatoms. The van der Waals surface area contributed by atoms with E-state index in [1.54, 1.807) is 10.3 Å². The Bertz CT molecular complexity index is 1050. The fourth-order valence-electron chi connectivity index (χ4n) is 3.01. The number of aromatic nitrogens is 1. The molecule has 1 aromatic heterocycles. The molecule has 0 spiro atoms. The van der Waals surface area contributed by atoms with Crippen molar-refractivity contribution in [3.05, 3.63) is 70.5 Å². The topological polar surface area (TPSA) is 51.7 Å². The van der Waals surface area contributed by atoms with Crippen LogP contribution in [0.25, 0.3) is 10.6 Å². The third-order valence-corrected chi connectivity index (χ3v) is 5.51. The minimum atomic E-state index is -0.729. The van der Waals surface area contributed by atoms with E-state index in [0.29, 0.717) is 31.3 Å². The van der Waals surface area contributed by atoms with Crippen LogP contribution in [0.5, 0.6) is 5.75 Å². The van der Waals surface area contributed by atoms with E-state index < -0.39 is 17.5 Å². The predicted octanol–water partition coefficient (Wildman–Crippen LogP) is 4.28. The molecular weight excluding hydrogens is 417 g/mol. The lowest BCUT2D eigenvalue weighted by Crippen LogP contribution is -2.40. The molecule has 0 atom stereocenters. The normalized spacial score (nSPS) is 14.0. The molecule has 5 nitrogen and oxygen atoms in total. The fraction of sp³-hybridized carbons (Fsp3) is 0.238.